The van der Waals surface area contributed by atoms with E-state index in [1.54, 1.807) is 0 Å². The first-order chi connectivity index (χ1) is 8.34. The number of aromatic nitrogens is 2. The molecule has 0 aliphatic carbocycles. The summed E-state index contributed by atoms with van der Waals surface area (Å²) >= 11 is 0. The van der Waals surface area contributed by atoms with Crippen LogP contribution in [-0.4, -0.2) is 16.8 Å². The van der Waals surface area contributed by atoms with Gasteiger partial charge in [0.05, 0.1) is 12.2 Å². The minimum absolute atomic E-state index is 0.258. The monoisotopic (exact) mass is 229 g/mol. The van der Waals surface area contributed by atoms with E-state index in [1.165, 1.54) is 5.56 Å². The zero-order valence-electron chi connectivity index (χ0n) is 9.68. The zero-order valence-corrected chi connectivity index (χ0v) is 9.68. The van der Waals surface area contributed by atoms with Gasteiger partial charge < -0.3 is 10.1 Å². The number of para-hydroxylation sites is 1. The largest absolute Gasteiger partial charge is 0.491 e. The van der Waals surface area contributed by atoms with E-state index in [0.717, 1.165) is 11.3 Å². The van der Waals surface area contributed by atoms with Crippen molar-refractivity contribution in [1.29, 1.82) is 0 Å². The highest BCUT2D eigenvalue weighted by atomic mass is 16.5. The number of H-pyrrole nitrogens is 1. The predicted octanol–water partition coefficient (Wildman–Crippen LogP) is 2.19. The molecule has 0 saturated heterocycles. The van der Waals surface area contributed by atoms with Crippen molar-refractivity contribution in [2.45, 2.75) is 19.0 Å². The van der Waals surface area contributed by atoms with E-state index in [4.69, 9.17) is 4.74 Å². The lowest BCUT2D eigenvalue weighted by Gasteiger charge is -2.17. The summed E-state index contributed by atoms with van der Waals surface area (Å²) in [7, 11) is 0. The van der Waals surface area contributed by atoms with Crippen LogP contribution in [0.4, 0.5) is 0 Å². The lowest BCUT2D eigenvalue weighted by Crippen LogP contribution is -2.25. The number of hydrogen-bond donors (Lipinski definition) is 2. The number of ether oxygens (including phenoxy) is 1. The Balaban J connectivity index is 1.75. The fourth-order valence-electron chi connectivity index (χ4n) is 2.20. The summed E-state index contributed by atoms with van der Waals surface area (Å²) in [6.07, 6.45) is 3.76. The third-order valence-corrected chi connectivity index (χ3v) is 3.17. The minimum atomic E-state index is 0.258. The van der Waals surface area contributed by atoms with Gasteiger partial charge in [0.2, 0.25) is 0 Å². The fraction of sp³-hybridized carbons (Fsp3) is 0.308. The van der Waals surface area contributed by atoms with Gasteiger partial charge in [0.15, 0.2) is 0 Å². The number of hydrogen-bond acceptors (Lipinski definition) is 3. The maximum Gasteiger partial charge on any atom is 0.124 e. The quantitative estimate of drug-likeness (QED) is 0.848. The molecular weight excluding hydrogens is 214 g/mol. The maximum atomic E-state index is 5.64. The van der Waals surface area contributed by atoms with Crippen LogP contribution in [0.3, 0.4) is 0 Å². The van der Waals surface area contributed by atoms with Crippen molar-refractivity contribution >= 4 is 0 Å². The standard InChI is InChI=1S/C13H15N3O/c1-9(10-6-14-15-7-10)16-12-8-17-13-5-3-2-4-11(12)13/h2-7,9,12,16H,8H2,1H3,(H,14,15). The number of aromatic amines is 1. The summed E-state index contributed by atoms with van der Waals surface area (Å²) in [5.41, 5.74) is 2.40. The van der Waals surface area contributed by atoms with Gasteiger partial charge in [0.1, 0.15) is 12.4 Å². The van der Waals surface area contributed by atoms with Crippen LogP contribution in [0, 0.1) is 0 Å². The van der Waals surface area contributed by atoms with Gasteiger partial charge in [-0.3, -0.25) is 5.10 Å². The first-order valence-electron chi connectivity index (χ1n) is 5.81. The second-order valence-corrected chi connectivity index (χ2v) is 4.32. The Morgan fingerprint density at radius 2 is 2.35 bits per heavy atom. The van der Waals surface area contributed by atoms with Crippen LogP contribution in [0.25, 0.3) is 0 Å². The van der Waals surface area contributed by atoms with Gasteiger partial charge >= 0.3 is 0 Å². The summed E-state index contributed by atoms with van der Waals surface area (Å²) < 4.78 is 5.64. The van der Waals surface area contributed by atoms with Gasteiger partial charge in [0.25, 0.3) is 0 Å². The molecule has 1 aromatic carbocycles. The van der Waals surface area contributed by atoms with Crippen LogP contribution in [0.15, 0.2) is 36.7 Å². The minimum Gasteiger partial charge on any atom is -0.491 e. The molecule has 2 atom stereocenters. The van der Waals surface area contributed by atoms with Crippen molar-refractivity contribution in [2.24, 2.45) is 0 Å². The topological polar surface area (TPSA) is 49.9 Å². The van der Waals surface area contributed by atoms with E-state index in [-0.39, 0.29) is 12.1 Å². The van der Waals surface area contributed by atoms with E-state index in [0.29, 0.717) is 6.61 Å². The average molecular weight is 229 g/mol. The molecule has 4 nitrogen and oxygen atoms in total. The molecule has 0 amide bonds. The molecule has 0 spiro atoms. The molecule has 17 heavy (non-hydrogen) atoms. The average Bonchev–Trinajstić information content (AvgIpc) is 2.98. The Morgan fingerprint density at radius 3 is 3.18 bits per heavy atom. The van der Waals surface area contributed by atoms with E-state index in [2.05, 4.69) is 28.5 Å². The van der Waals surface area contributed by atoms with Crippen LogP contribution >= 0.6 is 0 Å². The molecule has 2 N–H and O–H groups in total. The lowest BCUT2D eigenvalue weighted by molar-refractivity contribution is 0.301. The van der Waals surface area contributed by atoms with E-state index >= 15 is 0 Å². The molecule has 4 heteroatoms. The summed E-state index contributed by atoms with van der Waals surface area (Å²) in [4.78, 5) is 0. The van der Waals surface area contributed by atoms with Crippen molar-refractivity contribution in [3.8, 4) is 5.75 Å². The molecule has 0 bridgehead atoms. The van der Waals surface area contributed by atoms with Gasteiger partial charge in [0, 0.05) is 23.4 Å². The second-order valence-electron chi connectivity index (χ2n) is 4.32. The number of nitrogens with zero attached hydrogens (tertiary/aromatic N) is 1. The third kappa shape index (κ3) is 1.91. The molecule has 2 aromatic rings. The van der Waals surface area contributed by atoms with Crippen molar-refractivity contribution in [3.05, 3.63) is 47.8 Å². The normalized spacial score (nSPS) is 19.7. The van der Waals surface area contributed by atoms with Crippen molar-refractivity contribution < 1.29 is 4.74 Å². The Bertz CT molecular complexity index is 495. The van der Waals surface area contributed by atoms with Gasteiger partial charge in [-0.05, 0) is 13.0 Å². The highest BCUT2D eigenvalue weighted by Crippen LogP contribution is 2.33. The molecule has 0 fully saturated rings. The molecule has 0 saturated carbocycles. The summed E-state index contributed by atoms with van der Waals surface area (Å²) in [5, 5.41) is 10.4. The van der Waals surface area contributed by atoms with Crippen LogP contribution in [0.2, 0.25) is 0 Å². The predicted molar refractivity (Wildman–Crippen MR) is 64.8 cm³/mol. The smallest absolute Gasteiger partial charge is 0.124 e. The van der Waals surface area contributed by atoms with Crippen LogP contribution in [0.5, 0.6) is 5.75 Å². The SMILES string of the molecule is CC(NC1COc2ccccc21)c1cn[nH]c1. The van der Waals surface area contributed by atoms with Gasteiger partial charge in [-0.25, -0.2) is 0 Å². The zero-order chi connectivity index (χ0) is 11.7. The van der Waals surface area contributed by atoms with Crippen molar-refractivity contribution in [1.82, 2.24) is 15.5 Å². The molecule has 88 valence electrons. The van der Waals surface area contributed by atoms with E-state index in [9.17, 15) is 0 Å². The lowest BCUT2D eigenvalue weighted by atomic mass is 10.1. The Labute approximate surface area is 100 Å². The number of rotatable bonds is 3. The molecule has 1 aliphatic heterocycles. The Hall–Kier alpha value is -1.81. The van der Waals surface area contributed by atoms with E-state index < -0.39 is 0 Å². The highest BCUT2D eigenvalue weighted by Gasteiger charge is 2.25. The van der Waals surface area contributed by atoms with Gasteiger partial charge in [-0.15, -0.1) is 0 Å². The maximum absolute atomic E-state index is 5.64. The van der Waals surface area contributed by atoms with Crippen LogP contribution < -0.4 is 10.1 Å². The molecule has 2 heterocycles. The Kier molecular flexibility index (Phi) is 2.57. The first kappa shape index (κ1) is 10.4. The molecule has 1 aliphatic rings. The summed E-state index contributed by atoms with van der Waals surface area (Å²) in [5.74, 6) is 0.990. The molecule has 1 aromatic heterocycles. The number of nitrogens with one attached hydrogen (secondary N) is 2. The number of fused-ring (bicyclic) bond motifs is 1. The molecule has 2 unspecified atom stereocenters. The van der Waals surface area contributed by atoms with Crippen molar-refractivity contribution in [2.75, 3.05) is 6.61 Å². The summed E-state index contributed by atoms with van der Waals surface area (Å²) in [6, 6.07) is 8.69. The van der Waals surface area contributed by atoms with Gasteiger partial charge in [-0.1, -0.05) is 18.2 Å². The summed E-state index contributed by atoms with van der Waals surface area (Å²) in [6.45, 7) is 2.83. The Morgan fingerprint density at radius 1 is 1.47 bits per heavy atom. The van der Waals surface area contributed by atoms with Gasteiger partial charge in [-0.2, -0.15) is 5.10 Å². The molecule has 0 radical (unpaired) electrons. The second kappa shape index (κ2) is 4.22. The highest BCUT2D eigenvalue weighted by molar-refractivity contribution is 5.39. The fourth-order valence-corrected chi connectivity index (χ4v) is 2.20. The third-order valence-electron chi connectivity index (χ3n) is 3.17. The van der Waals surface area contributed by atoms with E-state index in [1.807, 2.05) is 30.6 Å². The first-order valence-corrected chi connectivity index (χ1v) is 5.81. The molecule has 3 rings (SSSR count). The number of benzene rings is 1. The van der Waals surface area contributed by atoms with Crippen LogP contribution in [-0.2, 0) is 0 Å². The molecular formula is C13H15N3O. The van der Waals surface area contributed by atoms with Crippen LogP contribution in [0.1, 0.15) is 30.1 Å². The van der Waals surface area contributed by atoms with Crippen molar-refractivity contribution in [3.63, 3.8) is 0 Å².